The van der Waals surface area contributed by atoms with Crippen molar-refractivity contribution in [2.75, 3.05) is 26.2 Å². The molecule has 0 radical (unpaired) electrons. The van der Waals surface area contributed by atoms with Crippen LogP contribution >= 0.6 is 27.3 Å². The zero-order valence-corrected chi connectivity index (χ0v) is 16.5. The summed E-state index contributed by atoms with van der Waals surface area (Å²) >= 11 is 5.14. The molecule has 1 fully saturated rings. The van der Waals surface area contributed by atoms with E-state index in [1.165, 1.54) is 24.1 Å². The molecule has 1 unspecified atom stereocenters. The molecule has 1 saturated heterocycles. The number of halogens is 1. The van der Waals surface area contributed by atoms with Crippen molar-refractivity contribution >= 4 is 33.2 Å². The molecule has 3 rings (SSSR count). The number of nitrogens with one attached hydrogen (secondary N) is 1. The molecule has 1 N–H and O–H groups in total. The molecular weight excluding hydrogens is 400 g/mol. The van der Waals surface area contributed by atoms with Crippen LogP contribution in [0.25, 0.3) is 0 Å². The second kappa shape index (κ2) is 9.36. The van der Waals surface area contributed by atoms with E-state index >= 15 is 0 Å². The second-order valence-electron chi connectivity index (χ2n) is 6.17. The van der Waals surface area contributed by atoms with E-state index in [1.807, 2.05) is 24.3 Å². The smallest absolute Gasteiger partial charge is 0.258 e. The molecule has 0 spiro atoms. The molecule has 0 aliphatic carbocycles. The van der Waals surface area contributed by atoms with Gasteiger partial charge in [0.1, 0.15) is 5.75 Å². The van der Waals surface area contributed by atoms with Crippen molar-refractivity contribution in [2.45, 2.75) is 25.3 Å². The van der Waals surface area contributed by atoms with E-state index in [1.54, 1.807) is 11.3 Å². The first-order valence-electron chi connectivity index (χ1n) is 8.65. The fraction of sp³-hybridized carbons (Fsp3) is 0.421. The molecule has 1 aromatic heterocycles. The van der Waals surface area contributed by atoms with Crippen LogP contribution < -0.4 is 10.1 Å². The maximum Gasteiger partial charge on any atom is 0.258 e. The summed E-state index contributed by atoms with van der Waals surface area (Å²) in [6.45, 7) is 2.88. The summed E-state index contributed by atoms with van der Waals surface area (Å²) in [6, 6.07) is 12.0. The normalized spacial score (nSPS) is 16.4. The molecular formula is C19H23BrN2O2S. The monoisotopic (exact) mass is 422 g/mol. The number of thiophene rings is 1. The second-order valence-corrected chi connectivity index (χ2v) is 8.07. The average Bonchev–Trinajstić information content (AvgIpc) is 3.17. The lowest BCUT2D eigenvalue weighted by Gasteiger charge is -2.34. The van der Waals surface area contributed by atoms with Gasteiger partial charge in [-0.1, -0.05) is 28.4 Å². The first-order chi connectivity index (χ1) is 12.2. The summed E-state index contributed by atoms with van der Waals surface area (Å²) in [7, 11) is 0. The molecule has 25 heavy (non-hydrogen) atoms. The van der Waals surface area contributed by atoms with Crippen molar-refractivity contribution in [3.63, 3.8) is 0 Å². The summed E-state index contributed by atoms with van der Waals surface area (Å²) in [5.74, 6) is 0.616. The number of piperidine rings is 1. The minimum Gasteiger partial charge on any atom is -0.484 e. The number of amides is 1. The van der Waals surface area contributed by atoms with E-state index in [9.17, 15) is 4.79 Å². The molecule has 2 aromatic rings. The van der Waals surface area contributed by atoms with Crippen molar-refractivity contribution < 1.29 is 9.53 Å². The van der Waals surface area contributed by atoms with Gasteiger partial charge in [-0.2, -0.15) is 0 Å². The predicted molar refractivity (Wildman–Crippen MR) is 105 cm³/mol. The van der Waals surface area contributed by atoms with Gasteiger partial charge in [0, 0.05) is 15.9 Å². The molecule has 1 aliphatic rings. The molecule has 0 bridgehead atoms. The van der Waals surface area contributed by atoms with Crippen LogP contribution in [-0.4, -0.2) is 37.0 Å². The molecule has 4 nitrogen and oxygen atoms in total. The number of benzene rings is 1. The number of likely N-dealkylation sites (tertiary alicyclic amines) is 1. The highest BCUT2D eigenvalue weighted by molar-refractivity contribution is 9.10. The van der Waals surface area contributed by atoms with E-state index in [0.29, 0.717) is 12.3 Å². The molecule has 0 saturated carbocycles. The fourth-order valence-electron chi connectivity index (χ4n) is 3.06. The van der Waals surface area contributed by atoms with Crippen LogP contribution in [0.1, 0.15) is 30.2 Å². The Labute approximate surface area is 161 Å². The third-order valence-electron chi connectivity index (χ3n) is 4.38. The summed E-state index contributed by atoms with van der Waals surface area (Å²) < 4.78 is 6.54. The number of carbonyl (C=O) groups is 1. The maximum atomic E-state index is 12.2. The lowest BCUT2D eigenvalue weighted by Crippen LogP contribution is -2.41. The Morgan fingerprint density at radius 3 is 2.64 bits per heavy atom. The van der Waals surface area contributed by atoms with E-state index in [-0.39, 0.29) is 18.6 Å². The molecule has 1 aromatic carbocycles. The van der Waals surface area contributed by atoms with Gasteiger partial charge < -0.3 is 10.1 Å². The Kier molecular flexibility index (Phi) is 6.90. The molecule has 134 valence electrons. The quantitative estimate of drug-likeness (QED) is 0.725. The van der Waals surface area contributed by atoms with Crippen LogP contribution in [0.4, 0.5) is 0 Å². The topological polar surface area (TPSA) is 41.6 Å². The van der Waals surface area contributed by atoms with Gasteiger partial charge >= 0.3 is 0 Å². The minimum atomic E-state index is -0.0820. The van der Waals surface area contributed by atoms with Crippen LogP contribution in [-0.2, 0) is 4.79 Å². The van der Waals surface area contributed by atoms with E-state index in [0.717, 1.165) is 17.6 Å². The van der Waals surface area contributed by atoms with Crippen molar-refractivity contribution in [2.24, 2.45) is 0 Å². The van der Waals surface area contributed by atoms with Gasteiger partial charge in [-0.3, -0.25) is 9.69 Å². The number of nitrogens with zero attached hydrogens (tertiary/aromatic N) is 1. The Bertz CT molecular complexity index is 655. The number of hydrogen-bond donors (Lipinski definition) is 1. The third-order valence-corrected chi connectivity index (χ3v) is 5.88. The van der Waals surface area contributed by atoms with Crippen LogP contribution in [0.5, 0.6) is 5.75 Å². The lowest BCUT2D eigenvalue weighted by atomic mass is 10.1. The lowest BCUT2D eigenvalue weighted by molar-refractivity contribution is -0.123. The first kappa shape index (κ1) is 18.4. The van der Waals surface area contributed by atoms with Crippen LogP contribution in [0.2, 0.25) is 0 Å². The third kappa shape index (κ3) is 5.56. The Morgan fingerprint density at radius 1 is 1.20 bits per heavy atom. The van der Waals surface area contributed by atoms with Gasteiger partial charge in [0.25, 0.3) is 5.91 Å². The van der Waals surface area contributed by atoms with Gasteiger partial charge in [0.15, 0.2) is 6.61 Å². The summed E-state index contributed by atoms with van der Waals surface area (Å²) in [6.07, 6.45) is 3.78. The fourth-order valence-corrected chi connectivity index (χ4v) is 4.19. The van der Waals surface area contributed by atoms with Gasteiger partial charge in [-0.25, -0.2) is 0 Å². The number of carbonyl (C=O) groups excluding carboxylic acids is 1. The van der Waals surface area contributed by atoms with Gasteiger partial charge in [-0.05, 0) is 61.6 Å². The van der Waals surface area contributed by atoms with E-state index in [2.05, 4.69) is 43.7 Å². The van der Waals surface area contributed by atoms with E-state index in [4.69, 9.17) is 4.74 Å². The first-order valence-corrected chi connectivity index (χ1v) is 10.3. The Hall–Kier alpha value is -1.37. The molecule has 1 aliphatic heterocycles. The standard InChI is InChI=1S/C19H23BrN2O2S/c20-15-6-8-16(9-7-15)24-14-19(23)21-13-17(18-5-4-12-25-18)22-10-2-1-3-11-22/h4-9,12,17H,1-3,10-11,13-14H2,(H,21,23). The van der Waals surface area contributed by atoms with Crippen LogP contribution in [0.3, 0.4) is 0 Å². The maximum absolute atomic E-state index is 12.2. The average molecular weight is 423 g/mol. The summed E-state index contributed by atoms with van der Waals surface area (Å²) in [5, 5.41) is 5.14. The number of ether oxygens (including phenoxy) is 1. The zero-order valence-electron chi connectivity index (χ0n) is 14.1. The minimum absolute atomic E-state index is 0.0405. The highest BCUT2D eigenvalue weighted by Gasteiger charge is 2.23. The molecule has 1 atom stereocenters. The predicted octanol–water partition coefficient (Wildman–Crippen LogP) is 4.23. The summed E-state index contributed by atoms with van der Waals surface area (Å²) in [5.41, 5.74) is 0. The van der Waals surface area contributed by atoms with Crippen molar-refractivity contribution in [3.8, 4) is 5.75 Å². The van der Waals surface area contributed by atoms with Crippen LogP contribution in [0, 0.1) is 0 Å². The molecule has 6 heteroatoms. The van der Waals surface area contributed by atoms with E-state index < -0.39 is 0 Å². The highest BCUT2D eigenvalue weighted by atomic mass is 79.9. The van der Waals surface area contributed by atoms with Gasteiger partial charge in [-0.15, -0.1) is 11.3 Å². The number of rotatable bonds is 7. The van der Waals surface area contributed by atoms with Crippen molar-refractivity contribution in [3.05, 3.63) is 51.1 Å². The SMILES string of the molecule is O=C(COc1ccc(Br)cc1)NCC(c1cccs1)N1CCCCC1. The van der Waals surface area contributed by atoms with Crippen molar-refractivity contribution in [1.29, 1.82) is 0 Å². The van der Waals surface area contributed by atoms with Crippen LogP contribution in [0.15, 0.2) is 46.3 Å². The Morgan fingerprint density at radius 2 is 1.96 bits per heavy atom. The van der Waals surface area contributed by atoms with Gasteiger partial charge in [0.2, 0.25) is 0 Å². The Balaban J connectivity index is 1.51. The van der Waals surface area contributed by atoms with Crippen molar-refractivity contribution in [1.82, 2.24) is 10.2 Å². The summed E-state index contributed by atoms with van der Waals surface area (Å²) in [4.78, 5) is 16.0. The highest BCUT2D eigenvalue weighted by Crippen LogP contribution is 2.27. The molecule has 2 heterocycles. The van der Waals surface area contributed by atoms with Gasteiger partial charge in [0.05, 0.1) is 6.04 Å². The largest absolute Gasteiger partial charge is 0.484 e. The zero-order chi connectivity index (χ0) is 17.5. The molecule has 1 amide bonds. The number of hydrogen-bond acceptors (Lipinski definition) is 4.